The van der Waals surface area contributed by atoms with E-state index in [0.717, 1.165) is 16.1 Å². The zero-order chi connectivity index (χ0) is 20.0. The van der Waals surface area contributed by atoms with Crippen LogP contribution in [0.4, 0.5) is 5.69 Å². The molecule has 0 unspecified atom stereocenters. The van der Waals surface area contributed by atoms with E-state index in [1.807, 2.05) is 0 Å². The second-order valence-corrected chi connectivity index (χ2v) is 8.19. The van der Waals surface area contributed by atoms with Crippen LogP contribution in [0.2, 0.25) is 5.02 Å². The maximum Gasteiger partial charge on any atom is 0.239 e. The number of anilines is 1. The molecule has 9 heteroatoms. The number of benzene rings is 2. The molecule has 0 bridgehead atoms. The van der Waals surface area contributed by atoms with E-state index in [-0.39, 0.29) is 13.1 Å². The lowest BCUT2D eigenvalue weighted by atomic mass is 10.2. The average Bonchev–Trinajstić information content (AvgIpc) is 2.62. The molecular weight excluding hydrogens is 392 g/mol. The first-order valence-corrected chi connectivity index (χ1v) is 10.2. The van der Waals surface area contributed by atoms with Gasteiger partial charge in [0.2, 0.25) is 15.9 Å². The zero-order valence-electron chi connectivity index (χ0n) is 15.2. The van der Waals surface area contributed by atoms with Gasteiger partial charge in [-0.15, -0.1) is 0 Å². The normalized spacial score (nSPS) is 11.3. The molecule has 0 aromatic heterocycles. The largest absolute Gasteiger partial charge is 0.493 e. The summed E-state index contributed by atoms with van der Waals surface area (Å²) in [6.07, 6.45) is 1.06. The Kier molecular flexibility index (Phi) is 7.06. The van der Waals surface area contributed by atoms with E-state index in [4.69, 9.17) is 21.1 Å². The molecule has 0 heterocycles. The Morgan fingerprint density at radius 3 is 2.26 bits per heavy atom. The van der Waals surface area contributed by atoms with E-state index in [9.17, 15) is 13.2 Å². The first-order valence-electron chi connectivity index (χ1n) is 7.94. The van der Waals surface area contributed by atoms with E-state index in [1.165, 1.54) is 14.2 Å². The van der Waals surface area contributed by atoms with Crippen LogP contribution < -0.4 is 14.8 Å². The number of amides is 1. The van der Waals surface area contributed by atoms with Crippen molar-refractivity contribution in [3.05, 3.63) is 53.1 Å². The molecule has 2 rings (SSSR count). The van der Waals surface area contributed by atoms with Crippen LogP contribution in [0.25, 0.3) is 0 Å². The predicted octanol–water partition coefficient (Wildman–Crippen LogP) is 2.76. The van der Waals surface area contributed by atoms with Gasteiger partial charge >= 0.3 is 0 Å². The van der Waals surface area contributed by atoms with Crippen LogP contribution in [0.5, 0.6) is 11.5 Å². The van der Waals surface area contributed by atoms with Crippen LogP contribution in [-0.4, -0.2) is 45.7 Å². The molecule has 0 radical (unpaired) electrons. The summed E-state index contributed by atoms with van der Waals surface area (Å²) in [6, 6.07) is 11.7. The lowest BCUT2D eigenvalue weighted by Crippen LogP contribution is -2.36. The fourth-order valence-corrected chi connectivity index (χ4v) is 3.22. The van der Waals surface area contributed by atoms with E-state index in [2.05, 4.69) is 5.32 Å². The summed E-state index contributed by atoms with van der Waals surface area (Å²) in [6.45, 7) is -0.259. The second kappa shape index (κ2) is 9.07. The highest BCUT2D eigenvalue weighted by Crippen LogP contribution is 2.29. The molecular formula is C18H21ClN2O5S. The van der Waals surface area contributed by atoms with Crippen LogP contribution in [0.1, 0.15) is 5.56 Å². The summed E-state index contributed by atoms with van der Waals surface area (Å²) < 4.78 is 35.5. The fourth-order valence-electron chi connectivity index (χ4n) is 2.36. The van der Waals surface area contributed by atoms with Gasteiger partial charge in [-0.05, 0) is 29.8 Å². The fraction of sp³-hybridized carbons (Fsp3) is 0.278. The second-order valence-electron chi connectivity index (χ2n) is 5.78. The standard InChI is InChI=1S/C18H21ClN2O5S/c1-25-16-9-8-15(10-17(16)26-2)20-18(22)12-21(27(3,23)24)11-13-4-6-14(19)7-5-13/h4-10H,11-12H2,1-3H3,(H,20,22). The third-order valence-electron chi connectivity index (χ3n) is 3.73. The van der Waals surface area contributed by atoms with Crippen molar-refractivity contribution in [2.75, 3.05) is 32.3 Å². The number of rotatable bonds is 8. The summed E-state index contributed by atoms with van der Waals surface area (Å²) in [5, 5.41) is 3.22. The number of hydrogen-bond acceptors (Lipinski definition) is 5. The molecule has 0 saturated carbocycles. The first-order chi connectivity index (χ1) is 12.7. The average molecular weight is 413 g/mol. The van der Waals surface area contributed by atoms with Crippen molar-refractivity contribution in [1.82, 2.24) is 4.31 Å². The van der Waals surface area contributed by atoms with Crippen LogP contribution >= 0.6 is 11.6 Å². The maximum atomic E-state index is 12.4. The Morgan fingerprint density at radius 2 is 1.70 bits per heavy atom. The minimum Gasteiger partial charge on any atom is -0.493 e. The van der Waals surface area contributed by atoms with Crippen molar-refractivity contribution in [2.45, 2.75) is 6.54 Å². The van der Waals surface area contributed by atoms with Gasteiger partial charge in [0.25, 0.3) is 0 Å². The molecule has 27 heavy (non-hydrogen) atoms. The quantitative estimate of drug-likeness (QED) is 0.720. The Hall–Kier alpha value is -2.29. The number of carbonyl (C=O) groups excluding carboxylic acids is 1. The zero-order valence-corrected chi connectivity index (χ0v) is 16.8. The third kappa shape index (κ3) is 6.13. The summed E-state index contributed by atoms with van der Waals surface area (Å²) in [4.78, 5) is 12.4. The molecule has 7 nitrogen and oxygen atoms in total. The van der Waals surface area contributed by atoms with Gasteiger partial charge in [0, 0.05) is 23.3 Å². The molecule has 0 aliphatic rings. The number of hydrogen-bond donors (Lipinski definition) is 1. The van der Waals surface area contributed by atoms with Crippen LogP contribution in [0, 0.1) is 0 Å². The van der Waals surface area contributed by atoms with Crippen LogP contribution in [-0.2, 0) is 21.4 Å². The van der Waals surface area contributed by atoms with Crippen molar-refractivity contribution in [2.24, 2.45) is 0 Å². The van der Waals surface area contributed by atoms with Gasteiger partial charge in [0.05, 0.1) is 27.0 Å². The number of sulfonamides is 1. The number of ether oxygens (including phenoxy) is 2. The highest BCUT2D eigenvalue weighted by Gasteiger charge is 2.21. The Labute approximate surface area is 163 Å². The minimum atomic E-state index is -3.59. The SMILES string of the molecule is COc1ccc(NC(=O)CN(Cc2ccc(Cl)cc2)S(C)(=O)=O)cc1OC. The molecule has 0 spiro atoms. The van der Waals surface area contributed by atoms with Gasteiger partial charge in [-0.1, -0.05) is 23.7 Å². The van der Waals surface area contributed by atoms with Crippen LogP contribution in [0.15, 0.2) is 42.5 Å². The van der Waals surface area contributed by atoms with Crippen molar-refractivity contribution >= 4 is 33.2 Å². The lowest BCUT2D eigenvalue weighted by Gasteiger charge is -2.20. The third-order valence-corrected chi connectivity index (χ3v) is 5.18. The maximum absolute atomic E-state index is 12.4. The van der Waals surface area contributed by atoms with Crippen LogP contribution in [0.3, 0.4) is 0 Å². The summed E-state index contributed by atoms with van der Waals surface area (Å²) in [7, 11) is -0.591. The van der Waals surface area contributed by atoms with E-state index in [0.29, 0.717) is 22.2 Å². The molecule has 2 aromatic carbocycles. The topological polar surface area (TPSA) is 84.9 Å². The van der Waals surface area contributed by atoms with Crippen molar-refractivity contribution in [1.29, 1.82) is 0 Å². The highest BCUT2D eigenvalue weighted by molar-refractivity contribution is 7.88. The van der Waals surface area contributed by atoms with Gasteiger partial charge in [0.1, 0.15) is 0 Å². The Morgan fingerprint density at radius 1 is 1.07 bits per heavy atom. The monoisotopic (exact) mass is 412 g/mol. The Bertz CT molecular complexity index is 900. The molecule has 0 fully saturated rings. The molecule has 146 valence electrons. The molecule has 0 aliphatic carbocycles. The molecule has 1 N–H and O–H groups in total. The van der Waals surface area contributed by atoms with E-state index >= 15 is 0 Å². The van der Waals surface area contributed by atoms with Gasteiger partial charge < -0.3 is 14.8 Å². The summed E-state index contributed by atoms with van der Waals surface area (Å²) >= 11 is 5.84. The smallest absolute Gasteiger partial charge is 0.239 e. The van der Waals surface area contributed by atoms with Gasteiger partial charge in [-0.3, -0.25) is 4.79 Å². The number of methoxy groups -OCH3 is 2. The van der Waals surface area contributed by atoms with Gasteiger partial charge in [0.15, 0.2) is 11.5 Å². The van der Waals surface area contributed by atoms with Crippen molar-refractivity contribution in [3.8, 4) is 11.5 Å². The number of halogens is 1. The van der Waals surface area contributed by atoms with Gasteiger partial charge in [-0.25, -0.2) is 8.42 Å². The molecule has 2 aromatic rings. The minimum absolute atomic E-state index is 0.0648. The summed E-state index contributed by atoms with van der Waals surface area (Å²) in [5.41, 5.74) is 1.20. The lowest BCUT2D eigenvalue weighted by molar-refractivity contribution is -0.116. The Balaban J connectivity index is 2.11. The van der Waals surface area contributed by atoms with Gasteiger partial charge in [-0.2, -0.15) is 4.31 Å². The van der Waals surface area contributed by atoms with Crippen molar-refractivity contribution < 1.29 is 22.7 Å². The molecule has 1 amide bonds. The molecule has 0 atom stereocenters. The number of carbonyl (C=O) groups is 1. The number of nitrogens with one attached hydrogen (secondary N) is 1. The predicted molar refractivity (Wildman–Crippen MR) is 105 cm³/mol. The van der Waals surface area contributed by atoms with Crippen molar-refractivity contribution in [3.63, 3.8) is 0 Å². The number of nitrogens with zero attached hydrogens (tertiary/aromatic N) is 1. The molecule has 0 saturated heterocycles. The highest BCUT2D eigenvalue weighted by atomic mass is 35.5. The van der Waals surface area contributed by atoms with E-state index < -0.39 is 15.9 Å². The molecule has 0 aliphatic heterocycles. The summed E-state index contributed by atoms with van der Waals surface area (Å²) in [5.74, 6) is 0.508. The van der Waals surface area contributed by atoms with E-state index in [1.54, 1.807) is 42.5 Å². The first kappa shape index (κ1) is 21.0.